The van der Waals surface area contributed by atoms with Crippen LogP contribution in [0.1, 0.15) is 72.4 Å². The van der Waals surface area contributed by atoms with E-state index in [-0.39, 0.29) is 17.9 Å². The predicted molar refractivity (Wildman–Crippen MR) is 169 cm³/mol. The molecule has 2 heterocycles. The fraction of sp³-hybridized carbons (Fsp3) is 0.500. The molecule has 1 aromatic carbocycles. The molecule has 0 bridgehead atoms. The maximum absolute atomic E-state index is 12.8. The minimum atomic E-state index is -0.370. The summed E-state index contributed by atoms with van der Waals surface area (Å²) in [6.45, 7) is 11.3. The average Bonchev–Trinajstić information content (AvgIpc) is 3.00. The van der Waals surface area contributed by atoms with Gasteiger partial charge in [0.1, 0.15) is 12.1 Å². The first kappa shape index (κ1) is 32.7. The Kier molecular flexibility index (Phi) is 11.1. The van der Waals surface area contributed by atoms with Gasteiger partial charge in [0.2, 0.25) is 0 Å². The number of carbonyl (C=O) groups excluding carboxylic acids is 2. The Bertz CT molecular complexity index is 1420. The van der Waals surface area contributed by atoms with Crippen LogP contribution in [0, 0.1) is 31.1 Å². The zero-order valence-electron chi connectivity index (χ0n) is 26.8. The molecule has 10 nitrogen and oxygen atoms in total. The summed E-state index contributed by atoms with van der Waals surface area (Å²) >= 11 is 0. The number of hydrogen-bond donors (Lipinski definition) is 1. The number of allylic oxidation sites excluding steroid dienone is 4. The molecule has 1 aliphatic carbocycles. The van der Waals surface area contributed by atoms with Crippen molar-refractivity contribution >= 4 is 12.0 Å². The standard InChI is InChI=1S/C34H45N7O3/c1-23-18-30(44-34(43)39(5)6)10-11-31(23)41(21-28-9-7-8-27(19-28)20-35)29-13-16-40(17-14-29)24(2)12-15-36-33(42)32-25(3)37-22-38-26(32)4/h7-11,19,22-24,29H,12-18,21H2,1-6H3,(H,36,42). The van der Waals surface area contributed by atoms with Gasteiger partial charge in [0.15, 0.2) is 0 Å². The van der Waals surface area contributed by atoms with Gasteiger partial charge in [0, 0.05) is 70.4 Å². The second-order valence-electron chi connectivity index (χ2n) is 12.1. The normalized spacial score (nSPS) is 18.0. The summed E-state index contributed by atoms with van der Waals surface area (Å²) in [5, 5.41) is 12.5. The number of amides is 2. The van der Waals surface area contributed by atoms with E-state index in [1.807, 2.05) is 38.1 Å². The van der Waals surface area contributed by atoms with Crippen LogP contribution in [-0.2, 0) is 11.3 Å². The Morgan fingerprint density at radius 2 is 1.86 bits per heavy atom. The van der Waals surface area contributed by atoms with Crippen molar-refractivity contribution in [1.82, 2.24) is 30.0 Å². The van der Waals surface area contributed by atoms with Gasteiger partial charge in [0.05, 0.1) is 28.6 Å². The summed E-state index contributed by atoms with van der Waals surface area (Å²) in [6.07, 6.45) is 8.65. The van der Waals surface area contributed by atoms with Gasteiger partial charge < -0.3 is 24.8 Å². The molecular weight excluding hydrogens is 554 g/mol. The predicted octanol–water partition coefficient (Wildman–Crippen LogP) is 4.95. The molecule has 1 N–H and O–H groups in total. The van der Waals surface area contributed by atoms with Crippen LogP contribution >= 0.6 is 0 Å². The summed E-state index contributed by atoms with van der Waals surface area (Å²) in [5.74, 6) is 0.727. The molecule has 44 heavy (non-hydrogen) atoms. The van der Waals surface area contributed by atoms with E-state index < -0.39 is 0 Å². The van der Waals surface area contributed by atoms with Crippen molar-refractivity contribution in [1.29, 1.82) is 5.26 Å². The lowest BCUT2D eigenvalue weighted by molar-refractivity contribution is 0.0881. The number of aromatic nitrogens is 2. The van der Waals surface area contributed by atoms with Gasteiger partial charge in [0.25, 0.3) is 5.91 Å². The Morgan fingerprint density at radius 3 is 2.50 bits per heavy atom. The highest BCUT2D eigenvalue weighted by molar-refractivity contribution is 5.96. The van der Waals surface area contributed by atoms with Crippen LogP contribution in [0.5, 0.6) is 0 Å². The fourth-order valence-electron chi connectivity index (χ4n) is 6.07. The van der Waals surface area contributed by atoms with E-state index in [1.54, 1.807) is 14.1 Å². The number of ether oxygens (including phenoxy) is 1. The van der Waals surface area contributed by atoms with Crippen LogP contribution in [0.2, 0.25) is 0 Å². The molecule has 0 saturated carbocycles. The molecular formula is C34H45N7O3. The lowest BCUT2D eigenvalue weighted by Crippen LogP contribution is -2.48. The van der Waals surface area contributed by atoms with Crippen molar-refractivity contribution in [3.63, 3.8) is 0 Å². The van der Waals surface area contributed by atoms with Crippen LogP contribution in [0.3, 0.4) is 0 Å². The Labute approximate surface area is 261 Å². The summed E-state index contributed by atoms with van der Waals surface area (Å²) in [6, 6.07) is 10.8. The number of carbonyl (C=O) groups is 2. The second kappa shape index (κ2) is 15.0. The molecule has 2 amide bonds. The minimum Gasteiger partial charge on any atom is -0.415 e. The summed E-state index contributed by atoms with van der Waals surface area (Å²) in [4.78, 5) is 39.7. The van der Waals surface area contributed by atoms with Gasteiger partial charge in [-0.15, -0.1) is 0 Å². The van der Waals surface area contributed by atoms with Gasteiger partial charge in [-0.25, -0.2) is 14.8 Å². The Hall–Kier alpha value is -4.23. The highest BCUT2D eigenvalue weighted by atomic mass is 16.6. The highest BCUT2D eigenvalue weighted by Gasteiger charge is 2.31. The number of nitrogens with zero attached hydrogens (tertiary/aromatic N) is 6. The third kappa shape index (κ3) is 8.23. The average molecular weight is 600 g/mol. The topological polar surface area (TPSA) is 115 Å². The van der Waals surface area contributed by atoms with Gasteiger partial charge in [-0.3, -0.25) is 4.79 Å². The van der Waals surface area contributed by atoms with Crippen molar-refractivity contribution in [3.05, 3.63) is 82.3 Å². The number of aryl methyl sites for hydroxylation is 2. The highest BCUT2D eigenvalue weighted by Crippen LogP contribution is 2.33. The third-order valence-corrected chi connectivity index (χ3v) is 8.64. The first-order valence-corrected chi connectivity index (χ1v) is 15.4. The molecule has 1 fully saturated rings. The molecule has 234 valence electrons. The number of nitriles is 1. The SMILES string of the molecule is Cc1ncnc(C)c1C(=O)NCCC(C)N1CCC(N(Cc2cccc(C#N)c2)C2=CC=C(OC(=O)N(C)C)CC2C)CC1. The zero-order valence-corrected chi connectivity index (χ0v) is 26.8. The zero-order chi connectivity index (χ0) is 31.8. The molecule has 0 spiro atoms. The molecule has 2 unspecified atom stereocenters. The van der Waals surface area contributed by atoms with E-state index >= 15 is 0 Å². The van der Waals surface area contributed by atoms with Gasteiger partial charge in [-0.1, -0.05) is 19.1 Å². The van der Waals surface area contributed by atoms with Crippen LogP contribution in [0.4, 0.5) is 4.79 Å². The molecule has 1 aromatic heterocycles. The van der Waals surface area contributed by atoms with Crippen molar-refractivity contribution in [2.75, 3.05) is 33.7 Å². The first-order chi connectivity index (χ1) is 21.1. The third-order valence-electron chi connectivity index (χ3n) is 8.64. The quantitative estimate of drug-likeness (QED) is 0.408. The maximum atomic E-state index is 12.8. The van der Waals surface area contributed by atoms with E-state index in [2.05, 4.69) is 57.1 Å². The number of rotatable bonds is 10. The van der Waals surface area contributed by atoms with E-state index in [0.717, 1.165) is 37.9 Å². The van der Waals surface area contributed by atoms with E-state index in [9.17, 15) is 14.9 Å². The first-order valence-electron chi connectivity index (χ1n) is 15.4. The number of nitrogens with one attached hydrogen (secondary N) is 1. The molecule has 4 rings (SSSR count). The lowest BCUT2D eigenvalue weighted by Gasteiger charge is -2.44. The van der Waals surface area contributed by atoms with Gasteiger partial charge >= 0.3 is 6.09 Å². The second-order valence-corrected chi connectivity index (χ2v) is 12.1. The molecule has 2 aliphatic rings. The van der Waals surface area contributed by atoms with Gasteiger partial charge in [-0.05, 0) is 69.9 Å². The van der Waals surface area contributed by atoms with Crippen molar-refractivity contribution < 1.29 is 14.3 Å². The molecule has 10 heteroatoms. The maximum Gasteiger partial charge on any atom is 0.414 e. The number of benzene rings is 1. The number of likely N-dealkylation sites (tertiary alicyclic amines) is 1. The number of piperidine rings is 1. The van der Waals surface area contributed by atoms with Crippen LogP contribution < -0.4 is 5.32 Å². The van der Waals surface area contributed by atoms with Crippen molar-refractivity contribution in [3.8, 4) is 6.07 Å². The molecule has 1 aliphatic heterocycles. The van der Waals surface area contributed by atoms with E-state index in [4.69, 9.17) is 4.74 Å². The van der Waals surface area contributed by atoms with Crippen LogP contribution in [-0.4, -0.2) is 82.5 Å². The fourth-order valence-corrected chi connectivity index (χ4v) is 6.07. The van der Waals surface area contributed by atoms with Crippen molar-refractivity contribution in [2.24, 2.45) is 5.92 Å². The Balaban J connectivity index is 1.40. The molecule has 2 aromatic rings. The summed E-state index contributed by atoms with van der Waals surface area (Å²) < 4.78 is 5.58. The molecule has 2 atom stereocenters. The molecule has 1 saturated heterocycles. The summed E-state index contributed by atoms with van der Waals surface area (Å²) in [5.41, 5.74) is 4.93. The summed E-state index contributed by atoms with van der Waals surface area (Å²) in [7, 11) is 3.36. The number of hydrogen-bond acceptors (Lipinski definition) is 8. The van der Waals surface area contributed by atoms with E-state index in [1.165, 1.54) is 16.9 Å². The minimum absolute atomic E-state index is 0.119. The Morgan fingerprint density at radius 1 is 1.16 bits per heavy atom. The van der Waals surface area contributed by atoms with Crippen LogP contribution in [0.15, 0.2) is 54.2 Å². The van der Waals surface area contributed by atoms with Gasteiger partial charge in [-0.2, -0.15) is 5.26 Å². The van der Waals surface area contributed by atoms with Crippen molar-refractivity contribution in [2.45, 2.75) is 72.0 Å². The van der Waals surface area contributed by atoms with Crippen LogP contribution in [0.25, 0.3) is 0 Å². The van der Waals surface area contributed by atoms with E-state index in [0.29, 0.717) is 59.9 Å². The molecule has 0 radical (unpaired) electrons. The largest absolute Gasteiger partial charge is 0.415 e. The lowest BCUT2D eigenvalue weighted by atomic mass is 9.92. The smallest absolute Gasteiger partial charge is 0.414 e. The monoisotopic (exact) mass is 599 g/mol.